The van der Waals surface area contributed by atoms with Crippen molar-refractivity contribution in [2.75, 3.05) is 31.7 Å². The molecule has 2 aromatic carbocycles. The average molecular weight is 654 g/mol. The molecule has 0 saturated heterocycles. The summed E-state index contributed by atoms with van der Waals surface area (Å²) in [6.45, 7) is 5.06. The summed E-state index contributed by atoms with van der Waals surface area (Å²) in [6.07, 6.45) is -2.91. The van der Waals surface area contributed by atoms with Gasteiger partial charge in [-0.25, -0.2) is 14.4 Å². The Balaban J connectivity index is 1.74. The van der Waals surface area contributed by atoms with Gasteiger partial charge in [-0.2, -0.15) is 18.2 Å². The predicted octanol–water partition coefficient (Wildman–Crippen LogP) is 4.19. The van der Waals surface area contributed by atoms with E-state index in [4.69, 9.17) is 11.6 Å². The monoisotopic (exact) mass is 653 g/mol. The fraction of sp³-hybridized carbons (Fsp3) is 0.379. The van der Waals surface area contributed by atoms with Crippen molar-refractivity contribution in [1.29, 1.82) is 0 Å². The van der Waals surface area contributed by atoms with Gasteiger partial charge in [0.25, 0.3) is 11.8 Å². The molecule has 1 fully saturated rings. The molecule has 242 valence electrons. The Labute approximate surface area is 261 Å². The van der Waals surface area contributed by atoms with Crippen molar-refractivity contribution in [3.05, 3.63) is 64.4 Å². The van der Waals surface area contributed by atoms with E-state index >= 15 is 4.39 Å². The number of amides is 2. The number of carbonyl (C=O) groups is 3. The quantitative estimate of drug-likeness (QED) is 0.0889. The van der Waals surface area contributed by atoms with Gasteiger partial charge in [0.1, 0.15) is 5.82 Å². The van der Waals surface area contributed by atoms with E-state index in [0.29, 0.717) is 5.02 Å². The summed E-state index contributed by atoms with van der Waals surface area (Å²) < 4.78 is 57.7. The summed E-state index contributed by atoms with van der Waals surface area (Å²) >= 11 is 5.99. The maximum atomic E-state index is 15.0. The number of nitrogens with one attached hydrogen (secondary N) is 4. The second-order valence-corrected chi connectivity index (χ2v) is 11.3. The Bertz CT molecular complexity index is 1460. The minimum Gasteiger partial charge on any atom is -0.454 e. The topological polar surface area (TPSA) is 146 Å². The maximum absolute atomic E-state index is 15.0. The van der Waals surface area contributed by atoms with Crippen LogP contribution in [-0.2, 0) is 19.9 Å². The first-order valence-corrected chi connectivity index (χ1v) is 13.9. The lowest BCUT2D eigenvalue weighted by atomic mass is 9.93. The number of hydrogen-bond acceptors (Lipinski definition) is 6. The van der Waals surface area contributed by atoms with Gasteiger partial charge in [-0.1, -0.05) is 37.6 Å². The average Bonchev–Trinajstić information content (AvgIpc) is 3.77. The summed E-state index contributed by atoms with van der Waals surface area (Å²) in [7, 11) is 0. The number of nitrogens with zero attached hydrogens (tertiary/aromatic N) is 3. The molecule has 2 aromatic rings. The minimum absolute atomic E-state index is 0.0375. The molecule has 0 bridgehead atoms. The molecule has 2 amide bonds. The van der Waals surface area contributed by atoms with Crippen LogP contribution in [0, 0.1) is 11.2 Å². The number of aliphatic imine (C=N–C) groups is 3. The lowest BCUT2D eigenvalue weighted by Crippen LogP contribution is -2.42. The molecule has 0 atom stereocenters. The van der Waals surface area contributed by atoms with Crippen LogP contribution in [0.2, 0.25) is 5.02 Å². The van der Waals surface area contributed by atoms with Gasteiger partial charge in [-0.05, 0) is 60.9 Å². The zero-order valence-electron chi connectivity index (χ0n) is 24.4. The molecule has 0 aromatic heterocycles. The Morgan fingerprint density at radius 2 is 1.76 bits per heavy atom. The fourth-order valence-corrected chi connectivity index (χ4v) is 4.06. The molecule has 16 heteroatoms. The molecule has 0 heterocycles. The Kier molecular flexibility index (Phi) is 11.8. The molecular formula is C29H32ClF4N7O4. The fourth-order valence-electron chi connectivity index (χ4n) is 3.93. The van der Waals surface area contributed by atoms with E-state index in [1.807, 2.05) is 12.1 Å². The number of amidine groups is 1. The highest BCUT2D eigenvalue weighted by Crippen LogP contribution is 2.45. The van der Waals surface area contributed by atoms with Crippen molar-refractivity contribution in [3.63, 3.8) is 0 Å². The van der Waals surface area contributed by atoms with Crippen molar-refractivity contribution < 1.29 is 36.7 Å². The first-order chi connectivity index (χ1) is 21.1. The van der Waals surface area contributed by atoms with Gasteiger partial charge in [0.2, 0.25) is 12.2 Å². The van der Waals surface area contributed by atoms with Gasteiger partial charge in [-0.15, -0.1) is 0 Å². The lowest BCUT2D eigenvalue weighted by molar-refractivity contribution is -0.156. The van der Waals surface area contributed by atoms with E-state index in [0.717, 1.165) is 24.5 Å². The number of anilines is 1. The number of carbonyl (C=O) groups excluding carboxylic acids is 3. The second kappa shape index (κ2) is 15.1. The molecule has 0 spiro atoms. The first-order valence-electron chi connectivity index (χ1n) is 13.5. The number of alkyl halides is 3. The summed E-state index contributed by atoms with van der Waals surface area (Å²) in [5.41, 5.74) is -0.266. The summed E-state index contributed by atoms with van der Waals surface area (Å²) in [5.74, 6) is -2.72. The number of hydrogen-bond donors (Lipinski definition) is 4. The number of halogens is 5. The number of aldehydes is 1. The first kappa shape index (κ1) is 35.1. The molecule has 0 aliphatic heterocycles. The predicted molar refractivity (Wildman–Crippen MR) is 162 cm³/mol. The van der Waals surface area contributed by atoms with E-state index in [9.17, 15) is 27.6 Å². The van der Waals surface area contributed by atoms with Crippen LogP contribution in [0.5, 0.6) is 0 Å². The molecule has 4 N–H and O–H groups in total. The number of ether oxygens (including phenoxy) is 1. The molecule has 3 rings (SSSR count). The van der Waals surface area contributed by atoms with Crippen LogP contribution in [0.1, 0.15) is 42.6 Å². The molecular weight excluding hydrogens is 622 g/mol. The Morgan fingerprint density at radius 1 is 1.09 bits per heavy atom. The van der Waals surface area contributed by atoms with Crippen molar-refractivity contribution in [2.24, 2.45) is 20.4 Å². The van der Waals surface area contributed by atoms with Crippen molar-refractivity contribution in [1.82, 2.24) is 16.0 Å². The maximum Gasteiger partial charge on any atom is 0.422 e. The highest BCUT2D eigenvalue weighted by atomic mass is 35.5. The molecule has 0 unspecified atom stereocenters. The van der Waals surface area contributed by atoms with Crippen molar-refractivity contribution in [2.45, 2.75) is 38.4 Å². The van der Waals surface area contributed by atoms with Crippen LogP contribution in [0.25, 0.3) is 0 Å². The number of benzene rings is 2. The summed E-state index contributed by atoms with van der Waals surface area (Å²) in [6, 6.07) is 10.1. The molecule has 0 radical (unpaired) electrons. The molecule has 11 nitrogen and oxygen atoms in total. The van der Waals surface area contributed by atoms with Gasteiger partial charge < -0.3 is 20.7 Å². The van der Waals surface area contributed by atoms with E-state index in [-0.39, 0.29) is 48.8 Å². The SMILES string of the molecule is C=N/C(=N\C(=N/CNC1(c2ccc(Cl)cc2)CC1)Nc1ccc(C(=O)NCC(C)(C)CNC(=O)C=O)c(F)c1)OCC(F)(F)F. The van der Waals surface area contributed by atoms with Gasteiger partial charge in [-0.3, -0.25) is 19.7 Å². The smallest absolute Gasteiger partial charge is 0.422 e. The molecule has 1 saturated carbocycles. The Hall–Kier alpha value is -4.37. The lowest BCUT2D eigenvalue weighted by Gasteiger charge is -2.25. The van der Waals surface area contributed by atoms with E-state index < -0.39 is 41.9 Å². The van der Waals surface area contributed by atoms with Crippen LogP contribution in [0.3, 0.4) is 0 Å². The summed E-state index contributed by atoms with van der Waals surface area (Å²) in [5, 5.41) is 11.5. The molecule has 1 aliphatic rings. The van der Waals surface area contributed by atoms with Crippen molar-refractivity contribution in [3.8, 4) is 0 Å². The van der Waals surface area contributed by atoms with Crippen LogP contribution in [-0.4, -0.2) is 69.3 Å². The Morgan fingerprint density at radius 3 is 2.33 bits per heavy atom. The van der Waals surface area contributed by atoms with Crippen LogP contribution >= 0.6 is 11.6 Å². The van der Waals surface area contributed by atoms with Gasteiger partial charge in [0.15, 0.2) is 6.61 Å². The number of rotatable bonds is 12. The third-order valence-electron chi connectivity index (χ3n) is 6.54. The van der Waals surface area contributed by atoms with Gasteiger partial charge in [0, 0.05) is 29.3 Å². The molecule has 1 aliphatic carbocycles. The highest BCUT2D eigenvalue weighted by molar-refractivity contribution is 6.30. The van der Waals surface area contributed by atoms with E-state index in [2.05, 4.69) is 47.7 Å². The standard InChI is InChI=1S/C29H32ClF4N7O4/c1-27(2,14-36-23(43)13-42)15-37-24(44)21-9-8-20(12-22(21)31)40-25(41-26(35-3)45-16-29(32,33)34)38-17-39-28(10-11-28)18-4-6-19(30)7-5-18/h4-9,12-13,39H,3,10-11,14-17H2,1-2H3,(H,36,43)(H,37,44)(H,38,40)/b41-26+. The van der Waals surface area contributed by atoms with E-state index in [1.54, 1.807) is 26.0 Å². The van der Waals surface area contributed by atoms with Crippen LogP contribution < -0.4 is 21.3 Å². The minimum atomic E-state index is -4.66. The summed E-state index contributed by atoms with van der Waals surface area (Å²) in [4.78, 5) is 45.9. The molecule has 45 heavy (non-hydrogen) atoms. The highest BCUT2D eigenvalue weighted by Gasteiger charge is 2.43. The van der Waals surface area contributed by atoms with Gasteiger partial charge >= 0.3 is 12.2 Å². The van der Waals surface area contributed by atoms with Crippen LogP contribution in [0.15, 0.2) is 57.4 Å². The van der Waals surface area contributed by atoms with Crippen LogP contribution in [0.4, 0.5) is 23.2 Å². The third-order valence-corrected chi connectivity index (χ3v) is 6.79. The largest absolute Gasteiger partial charge is 0.454 e. The second-order valence-electron chi connectivity index (χ2n) is 10.9. The number of guanidine groups is 1. The zero-order valence-corrected chi connectivity index (χ0v) is 25.2. The van der Waals surface area contributed by atoms with Crippen molar-refractivity contribution >= 4 is 54.1 Å². The zero-order chi connectivity index (χ0) is 33.3. The van der Waals surface area contributed by atoms with Gasteiger partial charge in [0.05, 0.1) is 12.2 Å². The normalized spacial score (nSPS) is 14.7. The third kappa shape index (κ3) is 11.2. The van der Waals surface area contributed by atoms with E-state index in [1.165, 1.54) is 12.1 Å².